The van der Waals surface area contributed by atoms with Gasteiger partial charge >= 0.3 is 0 Å². The maximum absolute atomic E-state index is 5.52. The van der Waals surface area contributed by atoms with Crippen molar-refractivity contribution < 1.29 is 0 Å². The summed E-state index contributed by atoms with van der Waals surface area (Å²) in [6.45, 7) is 1.06. The molecule has 3 N–H and O–H groups in total. The molecule has 1 rings (SSSR count). The zero-order chi connectivity index (χ0) is 9.52. The summed E-state index contributed by atoms with van der Waals surface area (Å²) in [5.41, 5.74) is 6.24. The van der Waals surface area contributed by atoms with E-state index in [4.69, 9.17) is 5.73 Å². The molecule has 0 amide bonds. The van der Waals surface area contributed by atoms with Crippen LogP contribution in [0, 0.1) is 0 Å². The summed E-state index contributed by atoms with van der Waals surface area (Å²) >= 11 is 1.76. The van der Waals surface area contributed by atoms with Gasteiger partial charge in [-0.2, -0.15) is 0 Å². The summed E-state index contributed by atoms with van der Waals surface area (Å²) in [5, 5.41) is 4.16. The molecule has 1 aromatic heterocycles. The first-order chi connectivity index (χ1) is 6.33. The van der Waals surface area contributed by atoms with E-state index in [1.54, 1.807) is 18.0 Å². The highest BCUT2D eigenvalue weighted by molar-refractivity contribution is 7.99. The van der Waals surface area contributed by atoms with Gasteiger partial charge in [-0.3, -0.25) is 0 Å². The Kier molecular flexibility index (Phi) is 4.64. The molecule has 1 heterocycles. The largest absolute Gasteiger partial charge is 0.397 e. The van der Waals surface area contributed by atoms with E-state index in [-0.39, 0.29) is 0 Å². The van der Waals surface area contributed by atoms with E-state index >= 15 is 0 Å². The third kappa shape index (κ3) is 4.15. The lowest BCUT2D eigenvalue weighted by Gasteiger charge is -2.00. The third-order valence-corrected chi connectivity index (χ3v) is 2.61. The van der Waals surface area contributed by atoms with Gasteiger partial charge in [-0.15, -0.1) is 11.8 Å². The minimum Gasteiger partial charge on any atom is -0.397 e. The van der Waals surface area contributed by atoms with Crippen LogP contribution < -0.4 is 11.1 Å². The van der Waals surface area contributed by atoms with E-state index in [9.17, 15) is 0 Å². The molecule has 13 heavy (non-hydrogen) atoms. The maximum atomic E-state index is 5.52. The number of pyridine rings is 1. The zero-order valence-electron chi connectivity index (χ0n) is 7.79. The molecule has 0 aliphatic rings. The predicted octanol–water partition coefficient (Wildman–Crippen LogP) is 1.37. The number of nitrogen functional groups attached to an aromatic ring is 1. The lowest BCUT2D eigenvalue weighted by molar-refractivity contribution is 0.777. The molecule has 0 aliphatic heterocycles. The lowest BCUT2D eigenvalue weighted by Crippen LogP contribution is -2.08. The third-order valence-electron chi connectivity index (χ3n) is 1.58. The highest BCUT2D eigenvalue weighted by Gasteiger charge is 1.94. The van der Waals surface area contributed by atoms with Crippen LogP contribution in [0.3, 0.4) is 0 Å². The van der Waals surface area contributed by atoms with Gasteiger partial charge in [0, 0.05) is 5.75 Å². The molecule has 0 aliphatic carbocycles. The van der Waals surface area contributed by atoms with E-state index < -0.39 is 0 Å². The minimum absolute atomic E-state index is 0.722. The quantitative estimate of drug-likeness (QED) is 0.553. The summed E-state index contributed by atoms with van der Waals surface area (Å²) in [4.78, 5) is 4.19. The van der Waals surface area contributed by atoms with Crippen LogP contribution in [0.25, 0.3) is 0 Å². The van der Waals surface area contributed by atoms with E-state index in [0.29, 0.717) is 0 Å². The first-order valence-electron chi connectivity index (χ1n) is 4.32. The molecule has 0 saturated carbocycles. The van der Waals surface area contributed by atoms with Crippen LogP contribution >= 0.6 is 11.8 Å². The summed E-state index contributed by atoms with van der Waals surface area (Å²) < 4.78 is 0. The number of rotatable bonds is 5. The van der Waals surface area contributed by atoms with Gasteiger partial charge in [0.05, 0.1) is 16.9 Å². The molecule has 1 aromatic rings. The fraction of sp³-hybridized carbons (Fsp3) is 0.444. The van der Waals surface area contributed by atoms with Crippen molar-refractivity contribution >= 4 is 17.4 Å². The summed E-state index contributed by atoms with van der Waals surface area (Å²) in [6.07, 6.45) is 2.85. The molecule has 0 aromatic carbocycles. The van der Waals surface area contributed by atoms with Gasteiger partial charge in [0.1, 0.15) is 0 Å². The van der Waals surface area contributed by atoms with Crippen LogP contribution in [0.4, 0.5) is 5.69 Å². The molecule has 0 bridgehead atoms. The van der Waals surface area contributed by atoms with E-state index in [1.807, 2.05) is 19.2 Å². The average Bonchev–Trinajstić information content (AvgIpc) is 2.15. The Balaban J connectivity index is 2.25. The molecule has 72 valence electrons. The predicted molar refractivity (Wildman–Crippen MR) is 57.9 cm³/mol. The normalized spacial score (nSPS) is 10.2. The van der Waals surface area contributed by atoms with Crippen LogP contribution in [-0.2, 0) is 0 Å². The van der Waals surface area contributed by atoms with Crippen molar-refractivity contribution in [1.29, 1.82) is 0 Å². The number of thioether (sulfide) groups is 1. The molecule has 0 unspecified atom stereocenters. The van der Waals surface area contributed by atoms with E-state index in [0.717, 1.165) is 29.4 Å². The van der Waals surface area contributed by atoms with Gasteiger partial charge in [-0.05, 0) is 32.1 Å². The summed E-state index contributed by atoms with van der Waals surface area (Å²) in [6, 6.07) is 3.84. The van der Waals surface area contributed by atoms with Crippen molar-refractivity contribution in [3.05, 3.63) is 18.3 Å². The number of aromatic nitrogens is 1. The second-order valence-electron chi connectivity index (χ2n) is 2.74. The van der Waals surface area contributed by atoms with Crippen LogP contribution in [0.5, 0.6) is 0 Å². The molecule has 0 fully saturated rings. The van der Waals surface area contributed by atoms with Gasteiger partial charge in [0.15, 0.2) is 0 Å². The monoisotopic (exact) mass is 197 g/mol. The molecule has 0 spiro atoms. The van der Waals surface area contributed by atoms with Crippen molar-refractivity contribution in [3.63, 3.8) is 0 Å². The Labute approximate surface area is 83.1 Å². The maximum Gasteiger partial charge on any atom is 0.0961 e. The van der Waals surface area contributed by atoms with E-state index in [1.165, 1.54) is 0 Å². The number of nitrogens with zero attached hydrogens (tertiary/aromatic N) is 1. The lowest BCUT2D eigenvalue weighted by atomic mass is 10.4. The number of hydrogen-bond donors (Lipinski definition) is 2. The average molecular weight is 197 g/mol. The second-order valence-corrected chi connectivity index (χ2v) is 3.85. The Morgan fingerprint density at radius 3 is 3.00 bits per heavy atom. The van der Waals surface area contributed by atoms with Crippen molar-refractivity contribution in [1.82, 2.24) is 10.3 Å². The van der Waals surface area contributed by atoms with Crippen LogP contribution in [0.15, 0.2) is 23.4 Å². The number of nitrogens with one attached hydrogen (secondary N) is 1. The molecular formula is C9H15N3S. The van der Waals surface area contributed by atoms with Gasteiger partial charge in [-0.25, -0.2) is 4.98 Å². The molecular weight excluding hydrogens is 182 g/mol. The fourth-order valence-corrected chi connectivity index (χ4v) is 1.69. The summed E-state index contributed by atoms with van der Waals surface area (Å²) in [5.74, 6) is 1.09. The van der Waals surface area contributed by atoms with Crippen molar-refractivity contribution in [3.8, 4) is 0 Å². The van der Waals surface area contributed by atoms with Gasteiger partial charge < -0.3 is 11.1 Å². The minimum atomic E-state index is 0.722. The molecule has 0 saturated heterocycles. The first kappa shape index (κ1) is 10.3. The number of nitrogens with two attached hydrogens (primary N) is 1. The van der Waals surface area contributed by atoms with Crippen molar-refractivity contribution in [2.45, 2.75) is 11.4 Å². The zero-order valence-corrected chi connectivity index (χ0v) is 8.60. The highest BCUT2D eigenvalue weighted by Crippen LogP contribution is 2.16. The van der Waals surface area contributed by atoms with Gasteiger partial charge in [0.2, 0.25) is 0 Å². The Hall–Kier alpha value is -0.740. The fourth-order valence-electron chi connectivity index (χ4n) is 0.903. The smallest absolute Gasteiger partial charge is 0.0961 e. The van der Waals surface area contributed by atoms with Gasteiger partial charge in [0.25, 0.3) is 0 Å². The topological polar surface area (TPSA) is 50.9 Å². The molecule has 0 atom stereocenters. The highest BCUT2D eigenvalue weighted by atomic mass is 32.2. The van der Waals surface area contributed by atoms with Crippen molar-refractivity contribution in [2.75, 3.05) is 25.1 Å². The van der Waals surface area contributed by atoms with E-state index in [2.05, 4.69) is 10.3 Å². The van der Waals surface area contributed by atoms with Gasteiger partial charge in [-0.1, -0.05) is 0 Å². The SMILES string of the molecule is CNCCCSc1ccc(N)cn1. The second kappa shape index (κ2) is 5.83. The number of hydrogen-bond acceptors (Lipinski definition) is 4. The summed E-state index contributed by atoms with van der Waals surface area (Å²) in [7, 11) is 1.96. The molecule has 0 radical (unpaired) electrons. The Morgan fingerprint density at radius 1 is 1.54 bits per heavy atom. The molecule has 4 heteroatoms. The Morgan fingerprint density at radius 2 is 2.38 bits per heavy atom. The Bertz CT molecular complexity index is 235. The standard InChI is InChI=1S/C9H15N3S/c1-11-5-2-6-13-9-4-3-8(10)7-12-9/h3-4,7,11H,2,5-6,10H2,1H3. The van der Waals surface area contributed by atoms with Crippen LogP contribution in [-0.4, -0.2) is 24.3 Å². The van der Waals surface area contributed by atoms with Crippen LogP contribution in [0.2, 0.25) is 0 Å². The number of anilines is 1. The first-order valence-corrected chi connectivity index (χ1v) is 5.30. The van der Waals surface area contributed by atoms with Crippen LogP contribution in [0.1, 0.15) is 6.42 Å². The van der Waals surface area contributed by atoms with Crippen molar-refractivity contribution in [2.24, 2.45) is 0 Å². The molecule has 3 nitrogen and oxygen atoms in total.